The van der Waals surface area contributed by atoms with Gasteiger partial charge in [0.25, 0.3) is 0 Å². The molecule has 2 N–H and O–H groups in total. The molecule has 23 heavy (non-hydrogen) atoms. The lowest BCUT2D eigenvalue weighted by atomic mass is 9.84. The predicted octanol–water partition coefficient (Wildman–Crippen LogP) is 3.04. The molecule has 0 aromatic heterocycles. The molecule has 1 aromatic carbocycles. The van der Waals surface area contributed by atoms with Gasteiger partial charge in [-0.05, 0) is 41.1 Å². The third kappa shape index (κ3) is 2.85. The number of carbonyl (C=O) groups is 1. The SMILES string of the molecule is CCOC1=C(N)OC2=C(C(=O)CN=C2Cl)C1c1ccccc1I. The van der Waals surface area contributed by atoms with E-state index in [-0.39, 0.29) is 29.1 Å². The minimum absolute atomic E-state index is 0.000247. The van der Waals surface area contributed by atoms with E-state index >= 15 is 0 Å². The van der Waals surface area contributed by atoms with Crippen molar-refractivity contribution in [1.82, 2.24) is 0 Å². The third-order valence-corrected chi connectivity index (χ3v) is 4.89. The van der Waals surface area contributed by atoms with Gasteiger partial charge in [-0.1, -0.05) is 29.8 Å². The summed E-state index contributed by atoms with van der Waals surface area (Å²) in [6.45, 7) is 2.27. The highest BCUT2D eigenvalue weighted by molar-refractivity contribution is 14.1. The maximum absolute atomic E-state index is 12.5. The van der Waals surface area contributed by atoms with Gasteiger partial charge in [0, 0.05) is 3.57 Å². The Bertz CT molecular complexity index is 770. The maximum Gasteiger partial charge on any atom is 0.230 e. The van der Waals surface area contributed by atoms with E-state index in [2.05, 4.69) is 27.6 Å². The van der Waals surface area contributed by atoms with Crippen molar-refractivity contribution in [3.05, 3.63) is 56.4 Å². The van der Waals surface area contributed by atoms with Crippen LogP contribution >= 0.6 is 34.2 Å². The summed E-state index contributed by atoms with van der Waals surface area (Å²) in [5, 5.41) is 0.161. The van der Waals surface area contributed by atoms with Gasteiger partial charge in [-0.15, -0.1) is 0 Å². The van der Waals surface area contributed by atoms with Gasteiger partial charge in [-0.3, -0.25) is 9.79 Å². The number of halogens is 2. The molecular weight excluding hydrogens is 431 g/mol. The van der Waals surface area contributed by atoms with Crippen molar-refractivity contribution in [1.29, 1.82) is 0 Å². The molecule has 1 aromatic rings. The van der Waals surface area contributed by atoms with Crippen LogP contribution < -0.4 is 5.73 Å². The number of hydrogen-bond donors (Lipinski definition) is 1. The summed E-state index contributed by atoms with van der Waals surface area (Å²) in [5.41, 5.74) is 7.41. The highest BCUT2D eigenvalue weighted by Gasteiger charge is 2.41. The predicted molar refractivity (Wildman–Crippen MR) is 96.0 cm³/mol. The fraction of sp³-hybridized carbons (Fsp3) is 0.250. The first-order chi connectivity index (χ1) is 11.0. The van der Waals surface area contributed by atoms with E-state index in [0.29, 0.717) is 17.9 Å². The van der Waals surface area contributed by atoms with Crippen LogP contribution in [0.5, 0.6) is 0 Å². The van der Waals surface area contributed by atoms with Crippen molar-refractivity contribution in [2.24, 2.45) is 10.7 Å². The lowest BCUT2D eigenvalue weighted by molar-refractivity contribution is -0.115. The molecule has 1 unspecified atom stereocenters. The molecule has 2 aliphatic rings. The van der Waals surface area contributed by atoms with E-state index in [1.54, 1.807) is 0 Å². The van der Waals surface area contributed by atoms with Crippen molar-refractivity contribution in [3.63, 3.8) is 0 Å². The summed E-state index contributed by atoms with van der Waals surface area (Å²) in [6.07, 6.45) is 0. The molecule has 0 aliphatic carbocycles. The van der Waals surface area contributed by atoms with Crippen LogP contribution in [-0.2, 0) is 14.3 Å². The Labute approximate surface area is 152 Å². The Balaban J connectivity index is 2.23. The van der Waals surface area contributed by atoms with Crippen molar-refractivity contribution in [3.8, 4) is 0 Å². The fourth-order valence-corrected chi connectivity index (χ4v) is 3.57. The van der Waals surface area contributed by atoms with Gasteiger partial charge in [0.2, 0.25) is 5.88 Å². The molecule has 5 nitrogen and oxygen atoms in total. The minimum Gasteiger partial charge on any atom is -0.492 e. The Kier molecular flexibility index (Phi) is 4.63. The second-order valence-electron chi connectivity index (χ2n) is 4.99. The molecule has 0 saturated heterocycles. The van der Waals surface area contributed by atoms with E-state index in [9.17, 15) is 4.79 Å². The molecule has 0 amide bonds. The minimum atomic E-state index is -0.441. The molecule has 1 atom stereocenters. The standard InChI is InChI=1S/C16H14ClIN2O3/c1-2-22-14-11(8-5-3-4-6-9(8)18)12-10(21)7-20-15(17)13(12)23-16(14)19/h3-6,11H,2,7,19H2,1H3. The zero-order valence-corrected chi connectivity index (χ0v) is 15.2. The second kappa shape index (κ2) is 6.52. The number of dihydropyridines is 1. The molecule has 0 spiro atoms. The number of ketones is 1. The summed E-state index contributed by atoms with van der Waals surface area (Å²) in [7, 11) is 0. The third-order valence-electron chi connectivity index (χ3n) is 3.62. The number of nitrogens with zero attached hydrogens (tertiary/aromatic N) is 1. The van der Waals surface area contributed by atoms with Gasteiger partial charge in [0.15, 0.2) is 22.5 Å². The van der Waals surface area contributed by atoms with Crippen LogP contribution in [0.3, 0.4) is 0 Å². The van der Waals surface area contributed by atoms with Crippen LogP contribution in [-0.4, -0.2) is 24.1 Å². The molecule has 0 fully saturated rings. The summed E-state index contributed by atoms with van der Waals surface area (Å²) in [5.74, 6) is 0.198. The van der Waals surface area contributed by atoms with E-state index < -0.39 is 5.92 Å². The molecule has 2 aliphatic heterocycles. The quantitative estimate of drug-likeness (QED) is 0.727. The van der Waals surface area contributed by atoms with Gasteiger partial charge in [-0.2, -0.15) is 0 Å². The maximum atomic E-state index is 12.5. The average Bonchev–Trinajstić information content (AvgIpc) is 2.53. The Morgan fingerprint density at radius 2 is 2.22 bits per heavy atom. The van der Waals surface area contributed by atoms with Crippen LogP contribution in [0.2, 0.25) is 0 Å². The highest BCUT2D eigenvalue weighted by atomic mass is 127. The lowest BCUT2D eigenvalue weighted by Gasteiger charge is -2.32. The van der Waals surface area contributed by atoms with E-state index in [1.165, 1.54) is 0 Å². The molecule has 120 valence electrons. The average molecular weight is 445 g/mol. The van der Waals surface area contributed by atoms with Crippen LogP contribution in [0.15, 0.2) is 52.2 Å². The Morgan fingerprint density at radius 1 is 1.48 bits per heavy atom. The summed E-state index contributed by atoms with van der Waals surface area (Å²) < 4.78 is 12.3. The number of ether oxygens (including phenoxy) is 2. The summed E-state index contributed by atoms with van der Waals surface area (Å²) in [4.78, 5) is 16.5. The van der Waals surface area contributed by atoms with E-state index in [0.717, 1.165) is 9.13 Å². The van der Waals surface area contributed by atoms with E-state index in [1.807, 2.05) is 31.2 Å². The largest absolute Gasteiger partial charge is 0.492 e. The number of hydrogen-bond acceptors (Lipinski definition) is 5. The van der Waals surface area contributed by atoms with Gasteiger partial charge < -0.3 is 15.2 Å². The second-order valence-corrected chi connectivity index (χ2v) is 6.51. The van der Waals surface area contributed by atoms with E-state index in [4.69, 9.17) is 26.8 Å². The summed E-state index contributed by atoms with van der Waals surface area (Å²) in [6, 6.07) is 7.76. The fourth-order valence-electron chi connectivity index (χ4n) is 2.67. The summed E-state index contributed by atoms with van der Waals surface area (Å²) >= 11 is 8.36. The first-order valence-electron chi connectivity index (χ1n) is 7.07. The number of rotatable bonds is 3. The van der Waals surface area contributed by atoms with Crippen molar-refractivity contribution in [2.75, 3.05) is 13.2 Å². The zero-order chi connectivity index (χ0) is 16.6. The number of Topliss-reactive ketones (excluding diaryl/α,β-unsaturated/α-hetero) is 1. The molecule has 0 radical (unpaired) electrons. The monoisotopic (exact) mass is 444 g/mol. The first kappa shape index (κ1) is 16.3. The molecular formula is C16H14ClIN2O3. The Morgan fingerprint density at radius 3 is 2.91 bits per heavy atom. The molecule has 2 heterocycles. The van der Waals surface area contributed by atoms with Crippen LogP contribution in [0.25, 0.3) is 0 Å². The van der Waals surface area contributed by atoms with Crippen LogP contribution in [0.1, 0.15) is 18.4 Å². The molecule has 0 bridgehead atoms. The number of carbonyl (C=O) groups excluding carboxylic acids is 1. The van der Waals surface area contributed by atoms with Crippen LogP contribution in [0.4, 0.5) is 0 Å². The van der Waals surface area contributed by atoms with Crippen molar-refractivity contribution in [2.45, 2.75) is 12.8 Å². The van der Waals surface area contributed by atoms with Gasteiger partial charge >= 0.3 is 0 Å². The van der Waals surface area contributed by atoms with Crippen molar-refractivity contribution < 1.29 is 14.3 Å². The zero-order valence-electron chi connectivity index (χ0n) is 12.3. The smallest absolute Gasteiger partial charge is 0.230 e. The van der Waals surface area contributed by atoms with Crippen LogP contribution in [0, 0.1) is 3.57 Å². The number of nitrogens with two attached hydrogens (primary N) is 1. The normalized spacial score (nSPS) is 20.9. The molecule has 7 heteroatoms. The van der Waals surface area contributed by atoms with Crippen molar-refractivity contribution >= 4 is 45.1 Å². The van der Waals surface area contributed by atoms with Gasteiger partial charge in [-0.25, -0.2) is 0 Å². The molecule has 3 rings (SSSR count). The highest BCUT2D eigenvalue weighted by Crippen LogP contribution is 2.43. The van der Waals surface area contributed by atoms with Gasteiger partial charge in [0.1, 0.15) is 6.54 Å². The topological polar surface area (TPSA) is 73.9 Å². The number of aliphatic imine (C=N–C) groups is 1. The first-order valence-corrected chi connectivity index (χ1v) is 8.52. The van der Waals surface area contributed by atoms with Gasteiger partial charge in [0.05, 0.1) is 18.1 Å². The number of benzene rings is 1. The number of allylic oxidation sites excluding steroid dienone is 2. The Hall–Kier alpha value is -1.54. The lowest BCUT2D eigenvalue weighted by Crippen LogP contribution is -2.32. The molecule has 0 saturated carbocycles.